The number of hydrogen-bond donors (Lipinski definition) is 1. The minimum absolute atomic E-state index is 0.0266. The number of nitrogens with two attached hydrogens (primary N) is 1. The minimum atomic E-state index is -3.74. The van der Waals surface area contributed by atoms with Gasteiger partial charge in [-0.1, -0.05) is 0 Å². The molecule has 0 aromatic heterocycles. The SMILES string of the molecule is C[C]12[CH]3[CH]4[CH]5[C]1(CC(N)=O)[Fe]43521678[CH]2[C]1(C)[C]6(C)[C]7(C)[C]28C. The predicted octanol–water partition coefficient (Wildman–Crippen LogP) is 4.57. The summed E-state index contributed by atoms with van der Waals surface area (Å²) < 4.78 is 4.18. The molecule has 9 unspecified atom stereocenters. The molecule has 0 aromatic rings. The van der Waals surface area contributed by atoms with E-state index in [0.29, 0.717) is 8.63 Å². The van der Waals surface area contributed by atoms with Crippen molar-refractivity contribution in [3.8, 4) is 0 Å². The molecule has 0 saturated carbocycles. The fourth-order valence-electron chi connectivity index (χ4n) is 25.0. The van der Waals surface area contributed by atoms with E-state index in [1.54, 1.807) is 0 Å². The second kappa shape index (κ2) is 0.653. The Hall–Kier alpha value is -0.0105. The molecule has 1 amide bonds. The average Bonchev–Trinajstić information content (AvgIpc) is 3.30. The van der Waals surface area contributed by atoms with Gasteiger partial charge in [0.25, 0.3) is 0 Å². The van der Waals surface area contributed by atoms with E-state index in [4.69, 9.17) is 5.73 Å². The molecule has 10 saturated heterocycles. The zero-order chi connectivity index (χ0) is 13.9. The van der Waals surface area contributed by atoms with E-state index in [2.05, 4.69) is 34.6 Å². The van der Waals surface area contributed by atoms with E-state index in [9.17, 15) is 4.79 Å². The van der Waals surface area contributed by atoms with Crippen LogP contribution in [0.25, 0.3) is 0 Å². The molecule has 10 aliphatic heterocycles. The van der Waals surface area contributed by atoms with Crippen LogP contribution in [-0.4, -0.2) is 5.91 Å². The number of primary amides is 1. The van der Waals surface area contributed by atoms with Gasteiger partial charge in [0.05, 0.1) is 0 Å². The van der Waals surface area contributed by atoms with Crippen LogP contribution in [0, 0.1) is 0 Å². The van der Waals surface area contributed by atoms with Crippen molar-refractivity contribution in [1.82, 2.24) is 0 Å². The molecular formula is C17H23FeNO. The van der Waals surface area contributed by atoms with Crippen LogP contribution in [-0.2, 0) is 11.3 Å². The molecule has 20 heavy (non-hydrogen) atoms. The van der Waals surface area contributed by atoms with Crippen molar-refractivity contribution in [2.75, 3.05) is 0 Å². The van der Waals surface area contributed by atoms with Crippen molar-refractivity contribution < 1.29 is 11.3 Å². The first kappa shape index (κ1) is 8.58. The van der Waals surface area contributed by atoms with Crippen molar-refractivity contribution in [3.63, 3.8) is 0 Å². The molecule has 2 N–H and O–H groups in total. The summed E-state index contributed by atoms with van der Waals surface area (Å²) in [5.74, 6) is 0.0266. The number of hydrogen-bond acceptors (Lipinski definition) is 1. The van der Waals surface area contributed by atoms with Gasteiger partial charge < -0.3 is 0 Å². The molecule has 110 valence electrons. The second-order valence-electron chi connectivity index (χ2n) is 12.6. The van der Waals surface area contributed by atoms with Gasteiger partial charge in [-0.05, 0) is 0 Å². The van der Waals surface area contributed by atoms with E-state index in [0.717, 1.165) is 38.1 Å². The second-order valence-corrected chi connectivity index (χ2v) is 36.0. The summed E-state index contributed by atoms with van der Waals surface area (Å²) in [6.07, 6.45) is 0.794. The van der Waals surface area contributed by atoms with Crippen LogP contribution in [0.2, 0.25) is 45.1 Å². The summed E-state index contributed by atoms with van der Waals surface area (Å²) >= 11 is 0. The first-order chi connectivity index (χ1) is 8.92. The van der Waals surface area contributed by atoms with Crippen LogP contribution in [0.1, 0.15) is 41.0 Å². The van der Waals surface area contributed by atoms with Crippen molar-refractivity contribution in [2.45, 2.75) is 86.2 Å². The zero-order valence-electron chi connectivity index (χ0n) is 12.9. The Kier molecular flexibility index (Phi) is 0.280. The number of carbonyl (C=O) groups excluding carboxylic acids is 1. The van der Waals surface area contributed by atoms with Crippen LogP contribution in [0.15, 0.2) is 0 Å². The van der Waals surface area contributed by atoms with Gasteiger partial charge in [-0.3, -0.25) is 0 Å². The molecule has 10 aliphatic rings. The van der Waals surface area contributed by atoms with Crippen molar-refractivity contribution >= 4 is 5.91 Å². The molecule has 10 rings (SSSR count). The Balaban J connectivity index is 1.71. The third-order valence-corrected chi connectivity index (χ3v) is 71.7. The number of rotatable bonds is 2. The van der Waals surface area contributed by atoms with Gasteiger partial charge in [0.15, 0.2) is 0 Å². The maximum absolute atomic E-state index is 12.0. The van der Waals surface area contributed by atoms with Gasteiger partial charge in [-0.25, -0.2) is 0 Å². The molecule has 0 bridgehead atoms. The van der Waals surface area contributed by atoms with Crippen LogP contribution in [0.3, 0.4) is 0 Å². The van der Waals surface area contributed by atoms with Crippen LogP contribution < -0.4 is 5.73 Å². The summed E-state index contributed by atoms with van der Waals surface area (Å²) in [5, 5.41) is 0. The molecule has 3 heteroatoms. The van der Waals surface area contributed by atoms with E-state index in [1.807, 2.05) is 0 Å². The van der Waals surface area contributed by atoms with Gasteiger partial charge in [-0.2, -0.15) is 0 Å². The zero-order valence-corrected chi connectivity index (χ0v) is 14.0. The van der Waals surface area contributed by atoms with E-state index in [-0.39, 0.29) is 5.91 Å². The van der Waals surface area contributed by atoms with Crippen LogP contribution in [0.4, 0.5) is 0 Å². The van der Waals surface area contributed by atoms with Crippen LogP contribution in [0.5, 0.6) is 0 Å². The monoisotopic (exact) mass is 313 g/mol. The third-order valence-electron chi connectivity index (χ3n) is 20.2. The summed E-state index contributed by atoms with van der Waals surface area (Å²) in [6.45, 7) is 9.90. The van der Waals surface area contributed by atoms with Crippen LogP contribution >= 0.6 is 0 Å². The van der Waals surface area contributed by atoms with Crippen molar-refractivity contribution in [2.24, 2.45) is 5.73 Å². The molecule has 9 atom stereocenters. The molecule has 0 aromatic carbocycles. The van der Waals surface area contributed by atoms with E-state index in [1.165, 1.54) is 4.82 Å². The maximum atomic E-state index is 12.0. The predicted molar refractivity (Wildman–Crippen MR) is 73.3 cm³/mol. The molecule has 1 spiro atoms. The van der Waals surface area contributed by atoms with E-state index >= 15 is 0 Å². The summed E-state index contributed by atoms with van der Waals surface area (Å²) in [6, 6.07) is 0. The van der Waals surface area contributed by atoms with Crippen molar-refractivity contribution in [3.05, 3.63) is 0 Å². The van der Waals surface area contributed by atoms with Gasteiger partial charge >= 0.3 is 109 Å². The molecule has 2 nitrogen and oxygen atoms in total. The van der Waals surface area contributed by atoms with Gasteiger partial charge in [0.2, 0.25) is 0 Å². The third kappa shape index (κ3) is 0.0630. The Labute approximate surface area is 109 Å². The summed E-state index contributed by atoms with van der Waals surface area (Å²) in [4.78, 5) is 16.6. The quantitative estimate of drug-likeness (QED) is 0.746. The first-order valence-corrected chi connectivity index (χ1v) is 14.3. The van der Waals surface area contributed by atoms with Gasteiger partial charge in [0.1, 0.15) is 0 Å². The van der Waals surface area contributed by atoms with Crippen molar-refractivity contribution in [1.29, 1.82) is 0 Å². The Morgan fingerprint density at radius 2 is 1.55 bits per heavy atom. The number of carbonyl (C=O) groups is 1. The summed E-state index contributed by atoms with van der Waals surface area (Å²) in [5.41, 5.74) is 5.81. The van der Waals surface area contributed by atoms with E-state index < -0.39 is 6.51 Å². The Morgan fingerprint density at radius 3 is 1.70 bits per heavy atom. The number of fused-ring (bicyclic) bond motifs is 10. The fourth-order valence-corrected chi connectivity index (χ4v) is 116. The Morgan fingerprint density at radius 1 is 1.00 bits per heavy atom. The Bertz CT molecular complexity index is 1280. The standard InChI is InChI=1S/C9H13.C8H10NO.Fe/c1-6-5-7(2)9(4)8(6)3;1-6-3-2-4-7(6)5-8(9)10;/h5H,1-4H3;2-4H,5H2,1H3,(H2,9,10);. The van der Waals surface area contributed by atoms with Gasteiger partial charge in [-0.15, -0.1) is 0 Å². The normalized spacial score (nSPS) is 122. The molecule has 10 fully saturated rings. The fraction of sp³-hybridized carbons (Fsp3) is 0.941. The molecule has 0 radical (unpaired) electrons. The number of amides is 1. The topological polar surface area (TPSA) is 43.1 Å². The average molecular weight is 313 g/mol. The summed E-state index contributed by atoms with van der Waals surface area (Å²) in [7, 11) is 0. The molecule has 0 aliphatic carbocycles. The van der Waals surface area contributed by atoms with Gasteiger partial charge in [0, 0.05) is 0 Å². The first-order valence-electron chi connectivity index (χ1n) is 8.40. The molecular weight excluding hydrogens is 290 g/mol. The molecule has 10 heterocycles.